The van der Waals surface area contributed by atoms with Gasteiger partial charge in [-0.2, -0.15) is 0 Å². The van der Waals surface area contributed by atoms with Crippen LogP contribution in [0.5, 0.6) is 0 Å². The summed E-state index contributed by atoms with van der Waals surface area (Å²) < 4.78 is 4.46. The normalized spacial score (nSPS) is 10.4. The zero-order valence-corrected chi connectivity index (χ0v) is 8.15. The summed E-state index contributed by atoms with van der Waals surface area (Å²) in [6, 6.07) is 1.80. The zero-order chi connectivity index (χ0) is 10.6. The topological polar surface area (TPSA) is 65.2 Å². The van der Waals surface area contributed by atoms with Gasteiger partial charge < -0.3 is 10.5 Å². The van der Waals surface area contributed by atoms with Crippen LogP contribution < -0.4 is 5.73 Å². The van der Waals surface area contributed by atoms with E-state index in [1.165, 1.54) is 13.2 Å². The summed E-state index contributed by atoms with van der Waals surface area (Å²) in [5, 5.41) is 0. The maximum absolute atomic E-state index is 10.8. The number of carbonyl (C=O) groups excluding carboxylic acids is 1. The first-order valence-electron chi connectivity index (χ1n) is 4.11. The summed E-state index contributed by atoms with van der Waals surface area (Å²) in [7, 11) is 1.33. The Kier molecular flexibility index (Phi) is 3.23. The van der Waals surface area contributed by atoms with E-state index in [1.807, 2.05) is 6.92 Å². The molecule has 14 heavy (non-hydrogen) atoms. The van der Waals surface area contributed by atoms with Gasteiger partial charge in [-0.3, -0.25) is 4.98 Å². The second-order valence-corrected chi connectivity index (χ2v) is 2.83. The lowest BCUT2D eigenvalue weighted by molar-refractivity contribution is -0.134. The number of carbonyl (C=O) groups is 1. The number of ether oxygens (including phenoxy) is 1. The maximum atomic E-state index is 10.8. The van der Waals surface area contributed by atoms with Crippen LogP contribution in [0, 0.1) is 6.92 Å². The molecule has 0 aromatic carbocycles. The number of hydrogen-bond acceptors (Lipinski definition) is 4. The molecule has 74 valence electrons. The van der Waals surface area contributed by atoms with Crippen molar-refractivity contribution in [1.82, 2.24) is 4.98 Å². The smallest absolute Gasteiger partial charge is 0.330 e. The van der Waals surface area contributed by atoms with Crippen molar-refractivity contribution < 1.29 is 9.53 Å². The van der Waals surface area contributed by atoms with Crippen LogP contribution in [-0.2, 0) is 9.53 Å². The number of anilines is 1. The van der Waals surface area contributed by atoms with E-state index in [0.29, 0.717) is 11.4 Å². The molecule has 0 saturated heterocycles. The molecule has 0 saturated carbocycles. The average molecular weight is 192 g/mol. The Morgan fingerprint density at radius 3 is 2.93 bits per heavy atom. The van der Waals surface area contributed by atoms with Crippen molar-refractivity contribution in [3.05, 3.63) is 29.6 Å². The van der Waals surface area contributed by atoms with Gasteiger partial charge in [0.2, 0.25) is 0 Å². The minimum Gasteiger partial charge on any atom is -0.466 e. The van der Waals surface area contributed by atoms with E-state index < -0.39 is 5.97 Å². The van der Waals surface area contributed by atoms with Crippen molar-refractivity contribution in [1.29, 1.82) is 0 Å². The van der Waals surface area contributed by atoms with Gasteiger partial charge in [0.15, 0.2) is 0 Å². The number of rotatable bonds is 2. The standard InChI is InChI=1S/C10H12N2O2/c1-7-5-8(11)6-12-9(7)3-4-10(13)14-2/h3-6H,11H2,1-2H3. The monoisotopic (exact) mass is 192 g/mol. The Morgan fingerprint density at radius 1 is 1.64 bits per heavy atom. The SMILES string of the molecule is COC(=O)C=Cc1ncc(N)cc1C. The molecule has 1 heterocycles. The first-order chi connectivity index (χ1) is 6.63. The molecule has 0 spiro atoms. The van der Waals surface area contributed by atoms with E-state index in [9.17, 15) is 4.79 Å². The minimum absolute atomic E-state index is 0.400. The Morgan fingerprint density at radius 2 is 2.36 bits per heavy atom. The molecule has 0 aliphatic carbocycles. The van der Waals surface area contributed by atoms with E-state index in [1.54, 1.807) is 18.3 Å². The van der Waals surface area contributed by atoms with Gasteiger partial charge in [-0.1, -0.05) is 0 Å². The Bertz CT molecular complexity index is 372. The molecule has 0 aliphatic rings. The summed E-state index contributed by atoms with van der Waals surface area (Å²) in [5.41, 5.74) is 7.77. The first kappa shape index (κ1) is 10.2. The molecule has 0 unspecified atom stereocenters. The van der Waals surface area contributed by atoms with Gasteiger partial charge in [0.25, 0.3) is 0 Å². The van der Waals surface area contributed by atoms with Gasteiger partial charge in [-0.05, 0) is 24.6 Å². The number of nitrogens with two attached hydrogens (primary N) is 1. The molecular weight excluding hydrogens is 180 g/mol. The van der Waals surface area contributed by atoms with Crippen LogP contribution in [0.1, 0.15) is 11.3 Å². The quantitative estimate of drug-likeness (QED) is 0.564. The molecule has 2 N–H and O–H groups in total. The largest absolute Gasteiger partial charge is 0.466 e. The predicted octanol–water partition coefficient (Wildman–Crippen LogP) is 1.16. The first-order valence-corrected chi connectivity index (χ1v) is 4.11. The molecule has 0 aliphatic heterocycles. The zero-order valence-electron chi connectivity index (χ0n) is 8.15. The van der Waals surface area contributed by atoms with Crippen LogP contribution in [-0.4, -0.2) is 18.1 Å². The van der Waals surface area contributed by atoms with Gasteiger partial charge in [0, 0.05) is 6.08 Å². The highest BCUT2D eigenvalue weighted by Gasteiger charge is 1.97. The van der Waals surface area contributed by atoms with Gasteiger partial charge in [-0.25, -0.2) is 4.79 Å². The number of aryl methyl sites for hydroxylation is 1. The van der Waals surface area contributed by atoms with E-state index in [4.69, 9.17) is 5.73 Å². The van der Waals surface area contributed by atoms with Gasteiger partial charge in [-0.15, -0.1) is 0 Å². The number of nitrogens with zero attached hydrogens (tertiary/aromatic N) is 1. The van der Waals surface area contributed by atoms with Crippen molar-refractivity contribution in [2.45, 2.75) is 6.92 Å². The molecule has 0 radical (unpaired) electrons. The predicted molar refractivity (Wildman–Crippen MR) is 54.4 cm³/mol. The highest BCUT2D eigenvalue weighted by molar-refractivity contribution is 5.86. The van der Waals surface area contributed by atoms with Crippen LogP contribution >= 0.6 is 0 Å². The summed E-state index contributed by atoms with van der Waals surface area (Å²) in [6.45, 7) is 1.88. The van der Waals surface area contributed by atoms with Gasteiger partial charge in [0.05, 0.1) is 24.7 Å². The lowest BCUT2D eigenvalue weighted by Crippen LogP contribution is -1.95. The third-order valence-corrected chi connectivity index (χ3v) is 1.72. The fourth-order valence-corrected chi connectivity index (χ4v) is 0.997. The number of pyridine rings is 1. The number of esters is 1. The number of nitrogen functional groups attached to an aromatic ring is 1. The summed E-state index contributed by atoms with van der Waals surface area (Å²) >= 11 is 0. The molecular formula is C10H12N2O2. The minimum atomic E-state index is -0.400. The summed E-state index contributed by atoms with van der Waals surface area (Å²) in [6.07, 6.45) is 4.47. The lowest BCUT2D eigenvalue weighted by atomic mass is 10.2. The van der Waals surface area contributed by atoms with Gasteiger partial charge in [0.1, 0.15) is 0 Å². The van der Waals surface area contributed by atoms with E-state index in [-0.39, 0.29) is 0 Å². The van der Waals surface area contributed by atoms with Crippen LogP contribution in [0.25, 0.3) is 6.08 Å². The van der Waals surface area contributed by atoms with Crippen molar-refractivity contribution in [2.24, 2.45) is 0 Å². The Hall–Kier alpha value is -1.84. The molecule has 0 atom stereocenters. The lowest BCUT2D eigenvalue weighted by Gasteiger charge is -1.99. The Balaban J connectivity index is 2.87. The fraction of sp³-hybridized carbons (Fsp3) is 0.200. The summed E-state index contributed by atoms with van der Waals surface area (Å²) in [5.74, 6) is -0.400. The van der Waals surface area contributed by atoms with Crippen molar-refractivity contribution in [2.75, 3.05) is 12.8 Å². The van der Waals surface area contributed by atoms with Crippen molar-refractivity contribution in [3.8, 4) is 0 Å². The van der Waals surface area contributed by atoms with Crippen molar-refractivity contribution in [3.63, 3.8) is 0 Å². The second-order valence-electron chi connectivity index (χ2n) is 2.83. The van der Waals surface area contributed by atoms with Crippen LogP contribution in [0.3, 0.4) is 0 Å². The van der Waals surface area contributed by atoms with E-state index >= 15 is 0 Å². The second kappa shape index (κ2) is 4.41. The van der Waals surface area contributed by atoms with Crippen molar-refractivity contribution >= 4 is 17.7 Å². The van der Waals surface area contributed by atoms with Crippen LogP contribution in [0.15, 0.2) is 18.3 Å². The maximum Gasteiger partial charge on any atom is 0.330 e. The third-order valence-electron chi connectivity index (χ3n) is 1.72. The molecule has 0 amide bonds. The van der Waals surface area contributed by atoms with Crippen LogP contribution in [0.4, 0.5) is 5.69 Å². The highest BCUT2D eigenvalue weighted by atomic mass is 16.5. The van der Waals surface area contributed by atoms with E-state index in [2.05, 4.69) is 9.72 Å². The van der Waals surface area contributed by atoms with Crippen LogP contribution in [0.2, 0.25) is 0 Å². The molecule has 4 nitrogen and oxygen atoms in total. The molecule has 0 fully saturated rings. The fourth-order valence-electron chi connectivity index (χ4n) is 0.997. The molecule has 1 rings (SSSR count). The number of hydrogen-bond donors (Lipinski definition) is 1. The molecule has 1 aromatic heterocycles. The average Bonchev–Trinajstić information content (AvgIpc) is 2.16. The van der Waals surface area contributed by atoms with E-state index in [0.717, 1.165) is 5.56 Å². The number of methoxy groups -OCH3 is 1. The highest BCUT2D eigenvalue weighted by Crippen LogP contribution is 2.10. The molecule has 1 aromatic rings. The van der Waals surface area contributed by atoms with Gasteiger partial charge >= 0.3 is 5.97 Å². The number of aromatic nitrogens is 1. The summed E-state index contributed by atoms with van der Waals surface area (Å²) in [4.78, 5) is 14.9. The Labute approximate surface area is 82.4 Å². The molecule has 0 bridgehead atoms. The molecule has 4 heteroatoms. The third kappa shape index (κ3) is 2.58.